The van der Waals surface area contributed by atoms with Crippen LogP contribution in [0.5, 0.6) is 0 Å². The molecule has 1 fully saturated rings. The van der Waals surface area contributed by atoms with Gasteiger partial charge in [-0.05, 0) is 12.1 Å². The van der Waals surface area contributed by atoms with Crippen LogP contribution in [0.4, 0.5) is 5.69 Å². The summed E-state index contributed by atoms with van der Waals surface area (Å²) in [7, 11) is 0. The lowest BCUT2D eigenvalue weighted by Gasteiger charge is -2.13. The molecule has 1 unspecified atom stereocenters. The number of aliphatic hydroxyl groups excluding tert-OH is 1. The van der Waals surface area contributed by atoms with Gasteiger partial charge < -0.3 is 5.11 Å². The van der Waals surface area contributed by atoms with Crippen molar-refractivity contribution in [1.82, 2.24) is 0 Å². The summed E-state index contributed by atoms with van der Waals surface area (Å²) < 4.78 is 0. The molecule has 78 valence electrons. The van der Waals surface area contributed by atoms with E-state index in [9.17, 15) is 9.59 Å². The van der Waals surface area contributed by atoms with E-state index in [0.717, 1.165) is 4.90 Å². The third-order valence-corrected chi connectivity index (χ3v) is 2.47. The fourth-order valence-electron chi connectivity index (χ4n) is 1.69. The Morgan fingerprint density at radius 2 is 1.93 bits per heavy atom. The molecule has 1 heterocycles. The maximum atomic E-state index is 11.7. The molecule has 1 aromatic carbocycles. The van der Waals surface area contributed by atoms with Crippen molar-refractivity contribution in [2.75, 3.05) is 11.5 Å². The van der Waals surface area contributed by atoms with Crippen LogP contribution in [0.2, 0.25) is 0 Å². The monoisotopic (exact) mass is 205 g/mol. The van der Waals surface area contributed by atoms with Crippen LogP contribution in [-0.2, 0) is 9.59 Å². The highest BCUT2D eigenvalue weighted by molar-refractivity contribution is 6.20. The van der Waals surface area contributed by atoms with Crippen LogP contribution >= 0.6 is 0 Å². The lowest BCUT2D eigenvalue weighted by Crippen LogP contribution is -2.31. The molecule has 1 aliphatic heterocycles. The number of carbonyl (C=O) groups excluding carboxylic acids is 2. The summed E-state index contributed by atoms with van der Waals surface area (Å²) in [6, 6.07) is 8.76. The van der Waals surface area contributed by atoms with E-state index in [1.54, 1.807) is 24.3 Å². The quantitative estimate of drug-likeness (QED) is 0.717. The Labute approximate surface area is 87.1 Å². The van der Waals surface area contributed by atoms with Gasteiger partial charge in [-0.1, -0.05) is 18.2 Å². The van der Waals surface area contributed by atoms with E-state index in [1.807, 2.05) is 6.07 Å². The van der Waals surface area contributed by atoms with E-state index in [1.165, 1.54) is 0 Å². The third kappa shape index (κ3) is 1.64. The Kier molecular flexibility index (Phi) is 2.51. The van der Waals surface area contributed by atoms with E-state index >= 15 is 0 Å². The Morgan fingerprint density at radius 3 is 2.47 bits per heavy atom. The average Bonchev–Trinajstić information content (AvgIpc) is 2.55. The summed E-state index contributed by atoms with van der Waals surface area (Å²) in [5.74, 6) is -1.13. The number of imide groups is 1. The van der Waals surface area contributed by atoms with E-state index < -0.39 is 5.92 Å². The molecule has 1 aromatic rings. The maximum Gasteiger partial charge on any atom is 0.239 e. The highest BCUT2D eigenvalue weighted by atomic mass is 16.3. The van der Waals surface area contributed by atoms with Gasteiger partial charge in [-0.3, -0.25) is 14.5 Å². The van der Waals surface area contributed by atoms with E-state index in [2.05, 4.69) is 0 Å². The van der Waals surface area contributed by atoms with Crippen molar-refractivity contribution < 1.29 is 14.7 Å². The molecule has 2 amide bonds. The molecule has 0 radical (unpaired) electrons. The predicted octanol–water partition coefficient (Wildman–Crippen LogP) is 0.558. The molecule has 4 heteroatoms. The van der Waals surface area contributed by atoms with Gasteiger partial charge in [-0.25, -0.2) is 0 Å². The van der Waals surface area contributed by atoms with Crippen molar-refractivity contribution in [2.45, 2.75) is 6.42 Å². The molecular formula is C11H11NO3. The van der Waals surface area contributed by atoms with Crippen LogP contribution in [0, 0.1) is 5.92 Å². The molecule has 0 saturated carbocycles. The zero-order valence-electron chi connectivity index (χ0n) is 8.09. The first-order valence-electron chi connectivity index (χ1n) is 4.76. The van der Waals surface area contributed by atoms with Crippen LogP contribution < -0.4 is 4.90 Å². The van der Waals surface area contributed by atoms with Gasteiger partial charge in [0.05, 0.1) is 18.2 Å². The average molecular weight is 205 g/mol. The predicted molar refractivity (Wildman–Crippen MR) is 54.1 cm³/mol. The summed E-state index contributed by atoms with van der Waals surface area (Å²) in [5, 5.41) is 8.92. The number of hydrogen-bond acceptors (Lipinski definition) is 3. The number of aliphatic hydroxyl groups is 1. The molecule has 0 aliphatic carbocycles. The normalized spacial score (nSPS) is 21.1. The van der Waals surface area contributed by atoms with E-state index in [-0.39, 0.29) is 24.8 Å². The fraction of sp³-hybridized carbons (Fsp3) is 0.273. The Hall–Kier alpha value is -1.68. The number of nitrogens with zero attached hydrogens (tertiary/aromatic N) is 1. The zero-order chi connectivity index (χ0) is 10.8. The van der Waals surface area contributed by atoms with Crippen molar-refractivity contribution in [1.29, 1.82) is 0 Å². The summed E-state index contributed by atoms with van der Waals surface area (Å²) >= 11 is 0. The smallest absolute Gasteiger partial charge is 0.239 e. The van der Waals surface area contributed by atoms with Gasteiger partial charge in [-0.2, -0.15) is 0 Å². The van der Waals surface area contributed by atoms with Crippen molar-refractivity contribution in [3.63, 3.8) is 0 Å². The molecule has 0 aromatic heterocycles. The second-order valence-electron chi connectivity index (χ2n) is 3.49. The molecule has 15 heavy (non-hydrogen) atoms. The highest BCUT2D eigenvalue weighted by Gasteiger charge is 2.38. The van der Waals surface area contributed by atoms with Crippen LogP contribution in [0.15, 0.2) is 30.3 Å². The van der Waals surface area contributed by atoms with Gasteiger partial charge in [0, 0.05) is 6.42 Å². The molecule has 1 N–H and O–H groups in total. The minimum Gasteiger partial charge on any atom is -0.396 e. The number of benzene rings is 1. The van der Waals surface area contributed by atoms with Gasteiger partial charge in [0.25, 0.3) is 0 Å². The van der Waals surface area contributed by atoms with Crippen LogP contribution in [0.1, 0.15) is 6.42 Å². The summed E-state index contributed by atoms with van der Waals surface area (Å²) in [6.45, 7) is -0.270. The number of rotatable bonds is 2. The second-order valence-corrected chi connectivity index (χ2v) is 3.49. The first-order valence-corrected chi connectivity index (χ1v) is 4.76. The Balaban J connectivity index is 2.31. The van der Waals surface area contributed by atoms with Gasteiger partial charge in [0.1, 0.15) is 0 Å². The topological polar surface area (TPSA) is 57.6 Å². The SMILES string of the molecule is O=C1CC(CO)C(=O)N1c1ccccc1. The van der Waals surface area contributed by atoms with Crippen molar-refractivity contribution in [3.8, 4) is 0 Å². The second kappa shape index (κ2) is 3.82. The van der Waals surface area contributed by atoms with Gasteiger partial charge >= 0.3 is 0 Å². The van der Waals surface area contributed by atoms with E-state index in [4.69, 9.17) is 5.11 Å². The van der Waals surface area contributed by atoms with Crippen LogP contribution in [0.25, 0.3) is 0 Å². The highest BCUT2D eigenvalue weighted by Crippen LogP contribution is 2.25. The van der Waals surface area contributed by atoms with Crippen LogP contribution in [0.3, 0.4) is 0 Å². The van der Waals surface area contributed by atoms with Crippen LogP contribution in [-0.4, -0.2) is 23.5 Å². The maximum absolute atomic E-state index is 11.7. The third-order valence-electron chi connectivity index (χ3n) is 2.47. The minimum atomic E-state index is -0.572. The first-order chi connectivity index (χ1) is 7.24. The number of para-hydroxylation sites is 1. The zero-order valence-corrected chi connectivity index (χ0v) is 8.09. The molecule has 2 rings (SSSR count). The minimum absolute atomic E-state index is 0.101. The summed E-state index contributed by atoms with van der Waals surface area (Å²) in [6.07, 6.45) is 0.101. The number of anilines is 1. The number of amides is 2. The van der Waals surface area contributed by atoms with Gasteiger partial charge in [-0.15, -0.1) is 0 Å². The summed E-state index contributed by atoms with van der Waals surface area (Å²) in [4.78, 5) is 24.4. The van der Waals surface area contributed by atoms with Gasteiger partial charge in [0.2, 0.25) is 11.8 Å². The molecule has 1 atom stereocenters. The molecule has 1 saturated heterocycles. The fourth-order valence-corrected chi connectivity index (χ4v) is 1.69. The van der Waals surface area contributed by atoms with E-state index in [0.29, 0.717) is 5.69 Å². The first kappa shape index (κ1) is 9.86. The molecule has 1 aliphatic rings. The standard InChI is InChI=1S/C11H11NO3/c13-7-8-6-10(14)12(11(8)15)9-4-2-1-3-5-9/h1-5,8,13H,6-7H2. The molecular weight excluding hydrogens is 194 g/mol. The Morgan fingerprint density at radius 1 is 1.27 bits per heavy atom. The summed E-state index contributed by atoms with van der Waals surface area (Å²) in [5.41, 5.74) is 0.573. The number of carbonyl (C=O) groups is 2. The molecule has 0 spiro atoms. The van der Waals surface area contributed by atoms with Crippen molar-refractivity contribution >= 4 is 17.5 Å². The molecule has 4 nitrogen and oxygen atoms in total. The van der Waals surface area contributed by atoms with Crippen molar-refractivity contribution in [2.24, 2.45) is 5.92 Å². The van der Waals surface area contributed by atoms with Crippen molar-refractivity contribution in [3.05, 3.63) is 30.3 Å². The molecule has 0 bridgehead atoms. The number of hydrogen-bond donors (Lipinski definition) is 1. The largest absolute Gasteiger partial charge is 0.396 e. The lowest BCUT2D eigenvalue weighted by atomic mass is 10.1. The Bertz CT molecular complexity index is 388. The lowest BCUT2D eigenvalue weighted by molar-refractivity contribution is -0.122. The van der Waals surface area contributed by atoms with Gasteiger partial charge in [0.15, 0.2) is 0 Å².